The van der Waals surface area contributed by atoms with Gasteiger partial charge in [-0.2, -0.15) is 13.2 Å². The molecule has 1 unspecified atom stereocenters. The van der Waals surface area contributed by atoms with E-state index in [0.717, 1.165) is 17.8 Å². The van der Waals surface area contributed by atoms with Crippen LogP contribution < -0.4 is 10.2 Å². The lowest BCUT2D eigenvalue weighted by atomic mass is 10.1. The number of ether oxygens (including phenoxy) is 2. The number of fused-ring (bicyclic) bond motifs is 1. The van der Waals surface area contributed by atoms with E-state index >= 15 is 0 Å². The van der Waals surface area contributed by atoms with Gasteiger partial charge in [0.2, 0.25) is 0 Å². The molecule has 254 valence electrons. The molecule has 1 atom stereocenters. The minimum atomic E-state index is -4.79. The van der Waals surface area contributed by atoms with E-state index in [-0.39, 0.29) is 36.0 Å². The first-order valence-corrected chi connectivity index (χ1v) is 15.6. The number of amides is 1. The summed E-state index contributed by atoms with van der Waals surface area (Å²) in [6.07, 6.45) is 0.248. The zero-order valence-electron chi connectivity index (χ0n) is 26.4. The number of rotatable bonds is 11. The quantitative estimate of drug-likeness (QED) is 0.292. The number of halogens is 3. The fraction of sp³-hybridized carbons (Fsp3) is 0.516. The van der Waals surface area contributed by atoms with Crippen molar-refractivity contribution in [1.82, 2.24) is 29.4 Å². The first kappa shape index (κ1) is 34.2. The summed E-state index contributed by atoms with van der Waals surface area (Å²) in [5.41, 5.74) is 0.165. The Labute approximate surface area is 270 Å². The van der Waals surface area contributed by atoms with Crippen molar-refractivity contribution in [2.24, 2.45) is 0 Å². The van der Waals surface area contributed by atoms with Crippen LogP contribution in [0, 0.1) is 0 Å². The van der Waals surface area contributed by atoms with Gasteiger partial charge in [0.15, 0.2) is 17.4 Å². The van der Waals surface area contributed by atoms with Gasteiger partial charge in [-0.15, -0.1) is 5.10 Å². The van der Waals surface area contributed by atoms with Gasteiger partial charge in [-0.05, 0) is 44.0 Å². The molecule has 5 rings (SSSR count). The number of hydrogen-bond donors (Lipinski definition) is 2. The number of aliphatic hydroxyl groups excluding tert-OH is 1. The van der Waals surface area contributed by atoms with E-state index in [2.05, 4.69) is 25.3 Å². The molecule has 0 spiro atoms. The summed E-state index contributed by atoms with van der Waals surface area (Å²) in [7, 11) is 0. The molecule has 0 radical (unpaired) electrons. The number of nitrogens with one attached hydrogen (secondary N) is 1. The lowest BCUT2D eigenvalue weighted by Crippen LogP contribution is -2.50. The van der Waals surface area contributed by atoms with Crippen molar-refractivity contribution in [3.05, 3.63) is 47.8 Å². The highest BCUT2D eigenvalue weighted by Gasteiger charge is 2.36. The topological polar surface area (TPSA) is 138 Å². The molecular formula is C31H39F3N8O5. The Hall–Kier alpha value is -4.12. The van der Waals surface area contributed by atoms with E-state index < -0.39 is 24.1 Å². The lowest BCUT2D eigenvalue weighted by Gasteiger charge is -2.37. The zero-order valence-corrected chi connectivity index (χ0v) is 26.4. The Morgan fingerprint density at radius 1 is 1.15 bits per heavy atom. The van der Waals surface area contributed by atoms with E-state index in [1.807, 2.05) is 15.9 Å². The molecule has 13 nitrogen and oxygen atoms in total. The summed E-state index contributed by atoms with van der Waals surface area (Å²) in [5, 5.41) is 17.3. The van der Waals surface area contributed by atoms with Gasteiger partial charge in [0.05, 0.1) is 30.9 Å². The van der Waals surface area contributed by atoms with Crippen molar-refractivity contribution in [1.29, 1.82) is 0 Å². The van der Waals surface area contributed by atoms with Crippen LogP contribution >= 0.6 is 0 Å². The van der Waals surface area contributed by atoms with Crippen LogP contribution in [0.15, 0.2) is 36.7 Å². The van der Waals surface area contributed by atoms with Crippen LogP contribution in [0.3, 0.4) is 0 Å². The molecular weight excluding hydrogens is 621 g/mol. The normalized spacial score (nSPS) is 17.4. The lowest BCUT2D eigenvalue weighted by molar-refractivity contribution is -0.137. The number of nitrogens with zero attached hydrogens (tertiary/aromatic N) is 7. The van der Waals surface area contributed by atoms with E-state index in [1.165, 1.54) is 6.08 Å². The third-order valence-corrected chi connectivity index (χ3v) is 8.00. The molecule has 0 aromatic carbocycles. The minimum Gasteiger partial charge on any atom is -0.450 e. The van der Waals surface area contributed by atoms with Crippen molar-refractivity contribution < 1.29 is 37.3 Å². The van der Waals surface area contributed by atoms with Crippen LogP contribution in [-0.2, 0) is 27.0 Å². The number of carbonyl (C=O) groups is 2. The summed E-state index contributed by atoms with van der Waals surface area (Å²) in [6.45, 7) is 8.51. The van der Waals surface area contributed by atoms with Gasteiger partial charge in [0, 0.05) is 64.6 Å². The predicted octanol–water partition coefficient (Wildman–Crippen LogP) is 3.58. The van der Waals surface area contributed by atoms with Crippen molar-refractivity contribution in [3.63, 3.8) is 0 Å². The monoisotopic (exact) mass is 660 g/mol. The van der Waals surface area contributed by atoms with Gasteiger partial charge >= 0.3 is 12.3 Å². The van der Waals surface area contributed by atoms with Crippen molar-refractivity contribution in [2.45, 2.75) is 45.6 Å². The summed E-state index contributed by atoms with van der Waals surface area (Å²) in [6, 6.07) is 2.68. The van der Waals surface area contributed by atoms with Gasteiger partial charge in [-0.1, -0.05) is 6.08 Å². The molecule has 3 aromatic heterocycles. The molecule has 0 aliphatic carbocycles. The SMILES string of the molecule is C/C=C\C(=O)CCC(O)N1CCN(Cc2cc3c(N4CCOCC4)nc(-c4cnc(NC(=O)OCC)cc4C(F)(F)F)nn3c2)CC1. The van der Waals surface area contributed by atoms with Gasteiger partial charge in [-0.3, -0.25) is 19.9 Å². The molecule has 2 aliphatic rings. The van der Waals surface area contributed by atoms with Gasteiger partial charge < -0.3 is 19.5 Å². The van der Waals surface area contributed by atoms with Gasteiger partial charge in [0.25, 0.3) is 0 Å². The maximum atomic E-state index is 14.3. The fourth-order valence-electron chi connectivity index (χ4n) is 5.65. The zero-order chi connectivity index (χ0) is 33.6. The smallest absolute Gasteiger partial charge is 0.417 e. The number of allylic oxidation sites excluding steroid dienone is 2. The van der Waals surface area contributed by atoms with Crippen LogP contribution in [0.2, 0.25) is 0 Å². The van der Waals surface area contributed by atoms with Crippen molar-refractivity contribution >= 4 is 29.0 Å². The highest BCUT2D eigenvalue weighted by atomic mass is 19.4. The number of pyridine rings is 1. The Morgan fingerprint density at radius 2 is 1.89 bits per heavy atom. The first-order chi connectivity index (χ1) is 22.5. The summed E-state index contributed by atoms with van der Waals surface area (Å²) >= 11 is 0. The second kappa shape index (κ2) is 15.2. The highest BCUT2D eigenvalue weighted by molar-refractivity contribution is 5.89. The molecule has 47 heavy (non-hydrogen) atoms. The maximum absolute atomic E-state index is 14.3. The van der Waals surface area contributed by atoms with E-state index in [9.17, 15) is 27.9 Å². The average Bonchev–Trinajstić information content (AvgIpc) is 3.46. The number of alkyl halides is 3. The average molecular weight is 661 g/mol. The van der Waals surface area contributed by atoms with Gasteiger partial charge in [0.1, 0.15) is 17.6 Å². The number of carbonyl (C=O) groups excluding carboxylic acids is 2. The molecule has 16 heteroatoms. The summed E-state index contributed by atoms with van der Waals surface area (Å²) in [4.78, 5) is 38.4. The Bertz CT molecular complexity index is 1580. The second-order valence-electron chi connectivity index (χ2n) is 11.3. The Balaban J connectivity index is 1.39. The minimum absolute atomic E-state index is 0.0115. The number of aromatic nitrogens is 4. The number of anilines is 2. The van der Waals surface area contributed by atoms with Crippen LogP contribution in [0.5, 0.6) is 0 Å². The van der Waals surface area contributed by atoms with Crippen molar-refractivity contribution in [3.8, 4) is 11.4 Å². The Kier molecular flexibility index (Phi) is 11.1. The second-order valence-corrected chi connectivity index (χ2v) is 11.3. The molecule has 0 bridgehead atoms. The van der Waals surface area contributed by atoms with Crippen LogP contribution in [-0.4, -0.2) is 112 Å². The third kappa shape index (κ3) is 8.62. The number of morpholine rings is 1. The molecule has 1 amide bonds. The van der Waals surface area contributed by atoms with E-state index in [1.54, 1.807) is 30.6 Å². The number of hydrogen-bond acceptors (Lipinski definition) is 11. The standard InChI is InChI=1S/C31H39F3N8O5/c1-3-5-22(43)6-7-27(44)40-10-8-39(9-11-40)19-21-16-25-29(41-12-14-46-15-13-41)37-28(38-42(25)20-21)23-18-35-26(36-30(45)47-4-2)17-24(23)31(32,33)34/h3,5,16-18,20,27,44H,4,6-15,19H2,1-2H3,(H,35,36,45)/b5-3-. The molecule has 2 fully saturated rings. The van der Waals surface area contributed by atoms with Crippen LogP contribution in [0.25, 0.3) is 16.9 Å². The summed E-state index contributed by atoms with van der Waals surface area (Å²) < 4.78 is 54.8. The summed E-state index contributed by atoms with van der Waals surface area (Å²) in [5.74, 6) is -0.0134. The Morgan fingerprint density at radius 3 is 2.57 bits per heavy atom. The first-order valence-electron chi connectivity index (χ1n) is 15.6. The van der Waals surface area contributed by atoms with Crippen LogP contribution in [0.4, 0.5) is 29.6 Å². The molecule has 2 N–H and O–H groups in total. The highest BCUT2D eigenvalue weighted by Crippen LogP contribution is 2.38. The molecule has 3 aromatic rings. The van der Waals surface area contributed by atoms with Gasteiger partial charge in [-0.25, -0.2) is 19.3 Å². The van der Waals surface area contributed by atoms with E-state index in [0.29, 0.717) is 76.8 Å². The predicted molar refractivity (Wildman–Crippen MR) is 167 cm³/mol. The molecule has 0 saturated carbocycles. The molecule has 2 saturated heterocycles. The third-order valence-electron chi connectivity index (χ3n) is 8.00. The van der Waals surface area contributed by atoms with Crippen molar-refractivity contribution in [2.75, 3.05) is 69.3 Å². The largest absolute Gasteiger partial charge is 0.450 e. The maximum Gasteiger partial charge on any atom is 0.417 e. The fourth-order valence-corrected chi connectivity index (χ4v) is 5.65. The van der Waals surface area contributed by atoms with E-state index in [4.69, 9.17) is 9.47 Å². The number of aliphatic hydroxyl groups is 1. The number of piperazine rings is 1. The number of ketones is 1. The molecule has 5 heterocycles. The molecule has 2 aliphatic heterocycles. The van der Waals surface area contributed by atoms with Crippen LogP contribution in [0.1, 0.15) is 37.8 Å².